The highest BCUT2D eigenvalue weighted by atomic mass is 32.1. The molecule has 44 heavy (non-hydrogen) atoms. The number of ketones is 2. The Kier molecular flexibility index (Phi) is 11.8. The summed E-state index contributed by atoms with van der Waals surface area (Å²) in [5.41, 5.74) is 12.1. The van der Waals surface area contributed by atoms with Crippen molar-refractivity contribution < 1.29 is 19.1 Å². The van der Waals surface area contributed by atoms with Gasteiger partial charge in [0.25, 0.3) is 0 Å². The van der Waals surface area contributed by atoms with Gasteiger partial charge in [0, 0.05) is 38.1 Å². The largest absolute Gasteiger partial charge is 0.442 e. The minimum absolute atomic E-state index is 0.0198. The lowest BCUT2D eigenvalue weighted by Gasteiger charge is -2.37. The van der Waals surface area contributed by atoms with Crippen molar-refractivity contribution in [3.63, 3.8) is 0 Å². The van der Waals surface area contributed by atoms with E-state index in [4.69, 9.17) is 16.2 Å². The van der Waals surface area contributed by atoms with E-state index >= 15 is 0 Å². The number of fused-ring (bicyclic) bond motifs is 1. The monoisotopic (exact) mass is 620 g/mol. The number of para-hydroxylation sites is 1. The van der Waals surface area contributed by atoms with Gasteiger partial charge in [-0.3, -0.25) is 14.6 Å². The fourth-order valence-electron chi connectivity index (χ4n) is 5.68. The highest BCUT2D eigenvalue weighted by Gasteiger charge is 2.38. The first-order valence-electron chi connectivity index (χ1n) is 15.4. The van der Waals surface area contributed by atoms with Crippen LogP contribution in [0.3, 0.4) is 0 Å². The number of aliphatic imine (C=N–C) groups is 1. The van der Waals surface area contributed by atoms with Crippen LogP contribution >= 0.6 is 11.3 Å². The van der Waals surface area contributed by atoms with Crippen LogP contribution in [-0.4, -0.2) is 59.9 Å². The molecule has 236 valence electrons. The summed E-state index contributed by atoms with van der Waals surface area (Å²) in [7, 11) is 0. The van der Waals surface area contributed by atoms with E-state index in [2.05, 4.69) is 20.6 Å². The summed E-state index contributed by atoms with van der Waals surface area (Å²) in [6, 6.07) is 16.8. The molecule has 10 nitrogen and oxygen atoms in total. The number of nitrogens with one attached hydrogen (secondary N) is 2. The second-order valence-electron chi connectivity index (χ2n) is 12.0. The first kappa shape index (κ1) is 33.1. The fourth-order valence-corrected chi connectivity index (χ4v) is 6.67. The van der Waals surface area contributed by atoms with E-state index in [0.717, 1.165) is 28.9 Å². The second kappa shape index (κ2) is 15.8. The van der Waals surface area contributed by atoms with Crippen LogP contribution < -0.4 is 22.1 Å². The topological polar surface area (TPSA) is 162 Å². The Morgan fingerprint density at radius 3 is 2.45 bits per heavy atom. The van der Waals surface area contributed by atoms with E-state index in [0.29, 0.717) is 50.1 Å². The molecule has 1 aliphatic rings. The summed E-state index contributed by atoms with van der Waals surface area (Å²) >= 11 is 1.32. The highest BCUT2D eigenvalue weighted by Crippen LogP contribution is 2.29. The number of aromatic nitrogens is 1. The lowest BCUT2D eigenvalue weighted by molar-refractivity contribution is -0.122. The van der Waals surface area contributed by atoms with Gasteiger partial charge in [0.1, 0.15) is 5.60 Å². The SMILES string of the molecule is CC(C)C[C@H](NC(=O)OC1(Cc2ccccc2)CCNCC1)C(=O)C[C@@H](CCCN=C(N)N)C(=O)c1nc2ccccc2s1. The number of carbonyl (C=O) groups is 3. The van der Waals surface area contributed by atoms with Gasteiger partial charge in [-0.1, -0.05) is 56.3 Å². The quantitative estimate of drug-likeness (QED) is 0.0829. The molecule has 1 aromatic heterocycles. The number of ether oxygens (including phenoxy) is 1. The zero-order chi connectivity index (χ0) is 31.5. The third-order valence-electron chi connectivity index (χ3n) is 7.91. The number of rotatable bonds is 15. The maximum atomic E-state index is 13.8. The number of nitrogens with two attached hydrogens (primary N) is 2. The summed E-state index contributed by atoms with van der Waals surface area (Å²) < 4.78 is 7.05. The molecule has 2 aromatic carbocycles. The van der Waals surface area contributed by atoms with Gasteiger partial charge in [-0.2, -0.15) is 0 Å². The van der Waals surface area contributed by atoms with Crippen LogP contribution in [0, 0.1) is 11.8 Å². The van der Waals surface area contributed by atoms with Crippen molar-refractivity contribution in [3.8, 4) is 0 Å². The van der Waals surface area contributed by atoms with E-state index in [1.54, 1.807) is 0 Å². The first-order valence-corrected chi connectivity index (χ1v) is 16.2. The summed E-state index contributed by atoms with van der Waals surface area (Å²) in [6.07, 6.45) is 2.66. The number of thiazole rings is 1. The molecule has 6 N–H and O–H groups in total. The Hall–Kier alpha value is -3.83. The molecule has 0 saturated carbocycles. The third kappa shape index (κ3) is 9.59. The minimum Gasteiger partial charge on any atom is -0.442 e. The van der Waals surface area contributed by atoms with Crippen LogP contribution in [0.5, 0.6) is 0 Å². The molecule has 1 fully saturated rings. The second-order valence-corrected chi connectivity index (χ2v) is 13.0. The zero-order valence-electron chi connectivity index (χ0n) is 25.6. The molecule has 0 aliphatic carbocycles. The Balaban J connectivity index is 1.49. The molecule has 2 heterocycles. The number of guanidine groups is 1. The average Bonchev–Trinajstić information content (AvgIpc) is 3.43. The van der Waals surface area contributed by atoms with Crippen LogP contribution in [0.4, 0.5) is 4.79 Å². The number of benzene rings is 2. The van der Waals surface area contributed by atoms with Gasteiger partial charge in [0.15, 0.2) is 22.5 Å². The van der Waals surface area contributed by atoms with E-state index in [1.807, 2.05) is 68.4 Å². The van der Waals surface area contributed by atoms with Gasteiger partial charge in [0.2, 0.25) is 0 Å². The third-order valence-corrected chi connectivity index (χ3v) is 8.96. The lowest BCUT2D eigenvalue weighted by Crippen LogP contribution is -2.51. The fraction of sp³-hybridized carbons (Fsp3) is 0.485. The van der Waals surface area contributed by atoms with Gasteiger partial charge in [0.05, 0.1) is 16.3 Å². The van der Waals surface area contributed by atoms with E-state index in [1.165, 1.54) is 11.3 Å². The Morgan fingerprint density at radius 2 is 1.77 bits per heavy atom. The van der Waals surface area contributed by atoms with Gasteiger partial charge < -0.3 is 26.8 Å². The molecule has 4 rings (SSSR count). The molecule has 0 bridgehead atoms. The number of alkyl carbamates (subject to hydrolysis) is 1. The predicted octanol–water partition coefficient (Wildman–Crippen LogP) is 4.61. The maximum absolute atomic E-state index is 13.8. The smallest absolute Gasteiger partial charge is 0.408 e. The molecule has 0 unspecified atom stereocenters. The first-order chi connectivity index (χ1) is 21.1. The Labute approximate surface area is 263 Å². The summed E-state index contributed by atoms with van der Waals surface area (Å²) in [6.45, 7) is 5.82. The van der Waals surface area contributed by atoms with E-state index in [-0.39, 0.29) is 29.9 Å². The molecule has 11 heteroatoms. The standard InChI is InChI=1S/C33H44N6O4S/c1-22(2)19-26(39-32(42)43-33(14-17-36-18-15-33)21-23-9-4-3-5-10-23)27(40)20-24(11-8-16-37-31(34)35)29(41)30-38-25-12-6-7-13-28(25)44-30/h3-7,9-10,12-13,22,24,26,36H,8,11,14-21H2,1-2H3,(H,39,42)(H4,34,35,37)/t24-,26+/m1/s1. The van der Waals surface area contributed by atoms with Crippen LogP contribution in [0.1, 0.15) is 67.7 Å². The van der Waals surface area contributed by atoms with Crippen LogP contribution in [0.15, 0.2) is 59.6 Å². The van der Waals surface area contributed by atoms with Gasteiger partial charge in [-0.05, 0) is 56.0 Å². The van der Waals surface area contributed by atoms with Crippen molar-refractivity contribution in [3.05, 3.63) is 65.2 Å². The van der Waals surface area contributed by atoms with E-state index < -0.39 is 23.7 Å². The van der Waals surface area contributed by atoms with E-state index in [9.17, 15) is 14.4 Å². The molecular formula is C33H44N6O4S. The van der Waals surface area contributed by atoms with Crippen LogP contribution in [0.2, 0.25) is 0 Å². The summed E-state index contributed by atoms with van der Waals surface area (Å²) in [5, 5.41) is 6.59. The molecule has 1 aliphatic heterocycles. The molecule has 0 spiro atoms. The number of Topliss-reactive ketones (excluding diaryl/α,β-unsaturated/α-hetero) is 2. The van der Waals surface area contributed by atoms with Crippen molar-refractivity contribution in [1.29, 1.82) is 0 Å². The lowest BCUT2D eigenvalue weighted by atomic mass is 9.85. The van der Waals surface area contributed by atoms with Crippen molar-refractivity contribution in [1.82, 2.24) is 15.6 Å². The zero-order valence-corrected chi connectivity index (χ0v) is 26.4. The minimum atomic E-state index is -0.790. The molecule has 0 radical (unpaired) electrons. The average molecular weight is 621 g/mol. The molecule has 1 amide bonds. The Bertz CT molecular complexity index is 1400. The molecule has 2 atom stereocenters. The van der Waals surface area contributed by atoms with Gasteiger partial charge in [-0.15, -0.1) is 11.3 Å². The number of nitrogens with zero attached hydrogens (tertiary/aromatic N) is 2. The molecule has 1 saturated heterocycles. The van der Waals surface area contributed by atoms with Crippen LogP contribution in [-0.2, 0) is 16.0 Å². The van der Waals surface area contributed by atoms with Crippen molar-refractivity contribution in [2.45, 2.75) is 70.4 Å². The number of amides is 1. The van der Waals surface area contributed by atoms with Crippen molar-refractivity contribution >= 4 is 45.2 Å². The Morgan fingerprint density at radius 1 is 1.07 bits per heavy atom. The number of carbonyl (C=O) groups excluding carboxylic acids is 3. The highest BCUT2D eigenvalue weighted by molar-refractivity contribution is 7.20. The molecule has 3 aromatic rings. The van der Waals surface area contributed by atoms with Crippen molar-refractivity contribution in [2.75, 3.05) is 19.6 Å². The van der Waals surface area contributed by atoms with Gasteiger partial charge >= 0.3 is 6.09 Å². The molecular weight excluding hydrogens is 576 g/mol. The number of hydrogen-bond donors (Lipinski definition) is 4. The van der Waals surface area contributed by atoms with Gasteiger partial charge in [-0.25, -0.2) is 9.78 Å². The summed E-state index contributed by atoms with van der Waals surface area (Å²) in [5.74, 6) is -0.917. The summed E-state index contributed by atoms with van der Waals surface area (Å²) in [4.78, 5) is 49.5. The number of hydrogen-bond acceptors (Lipinski definition) is 8. The normalized spacial score (nSPS) is 15.8. The van der Waals surface area contributed by atoms with Crippen LogP contribution in [0.25, 0.3) is 10.2 Å². The maximum Gasteiger partial charge on any atom is 0.408 e. The predicted molar refractivity (Wildman–Crippen MR) is 175 cm³/mol. The number of piperidine rings is 1. The van der Waals surface area contributed by atoms with Crippen molar-refractivity contribution in [2.24, 2.45) is 28.3 Å².